The molecule has 0 bridgehead atoms. The first-order valence-corrected chi connectivity index (χ1v) is 7.24. The molecule has 96 valence electrons. The monoisotopic (exact) mass is 253 g/mol. The van der Waals surface area contributed by atoms with Crippen LogP contribution < -0.4 is 0 Å². The molecule has 0 aliphatic rings. The van der Waals surface area contributed by atoms with Crippen molar-refractivity contribution in [1.82, 2.24) is 4.98 Å². The van der Waals surface area contributed by atoms with Gasteiger partial charge in [0.05, 0.1) is 0 Å². The summed E-state index contributed by atoms with van der Waals surface area (Å²) in [5.74, 6) is 0.351. The number of rotatable bonds is 8. The highest BCUT2D eigenvalue weighted by molar-refractivity contribution is 6.21. The second kappa shape index (κ2) is 8.52. The van der Waals surface area contributed by atoms with Crippen molar-refractivity contribution in [2.24, 2.45) is 0 Å². The van der Waals surface area contributed by atoms with E-state index in [2.05, 4.69) is 24.9 Å². The highest BCUT2D eigenvalue weighted by Gasteiger charge is 2.16. The molecule has 0 amide bonds. The highest BCUT2D eigenvalue weighted by Crippen LogP contribution is 2.25. The van der Waals surface area contributed by atoms with Crippen LogP contribution in [0.5, 0.6) is 0 Å². The molecule has 1 rings (SSSR count). The van der Waals surface area contributed by atoms with Crippen LogP contribution in [-0.4, -0.2) is 10.4 Å². The van der Waals surface area contributed by atoms with E-state index in [0.717, 1.165) is 12.1 Å². The van der Waals surface area contributed by atoms with E-state index in [-0.39, 0.29) is 5.38 Å². The molecule has 1 aromatic heterocycles. The summed E-state index contributed by atoms with van der Waals surface area (Å²) in [5.41, 5.74) is 1.11. The molecule has 0 saturated carbocycles. The van der Waals surface area contributed by atoms with Crippen LogP contribution in [0.3, 0.4) is 0 Å². The lowest BCUT2D eigenvalue weighted by Crippen LogP contribution is -2.11. The average molecular weight is 254 g/mol. The van der Waals surface area contributed by atoms with E-state index in [9.17, 15) is 0 Å². The number of hydrogen-bond donors (Lipinski definition) is 0. The fourth-order valence-electron chi connectivity index (χ4n) is 2.02. The summed E-state index contributed by atoms with van der Waals surface area (Å²) in [6.07, 6.45) is 9.49. The van der Waals surface area contributed by atoms with E-state index in [1.165, 1.54) is 32.1 Å². The van der Waals surface area contributed by atoms with Crippen molar-refractivity contribution in [3.8, 4) is 0 Å². The Hall–Kier alpha value is -0.560. The summed E-state index contributed by atoms with van der Waals surface area (Å²) in [4.78, 5) is 4.37. The maximum Gasteiger partial charge on any atom is 0.0446 e. The Morgan fingerprint density at radius 1 is 1.18 bits per heavy atom. The third-order valence-corrected chi connectivity index (χ3v) is 3.88. The maximum atomic E-state index is 6.44. The van der Waals surface area contributed by atoms with Crippen molar-refractivity contribution < 1.29 is 0 Å². The number of alkyl halides is 1. The fourth-order valence-corrected chi connectivity index (χ4v) is 2.31. The van der Waals surface area contributed by atoms with E-state index in [1.54, 1.807) is 0 Å². The number of aromatic nitrogens is 1. The molecule has 0 fully saturated rings. The number of pyridine rings is 1. The molecule has 0 N–H and O–H groups in total. The van der Waals surface area contributed by atoms with Gasteiger partial charge in [-0.2, -0.15) is 0 Å². The van der Waals surface area contributed by atoms with Gasteiger partial charge in [0.2, 0.25) is 0 Å². The minimum Gasteiger partial charge on any atom is -0.261 e. The van der Waals surface area contributed by atoms with Gasteiger partial charge < -0.3 is 0 Å². The van der Waals surface area contributed by atoms with Gasteiger partial charge in [0.25, 0.3) is 0 Å². The number of halogens is 1. The molecule has 1 nitrogen and oxygen atoms in total. The van der Waals surface area contributed by atoms with Crippen molar-refractivity contribution >= 4 is 11.6 Å². The van der Waals surface area contributed by atoms with Crippen molar-refractivity contribution in [1.29, 1.82) is 0 Å². The van der Waals surface area contributed by atoms with Gasteiger partial charge in [0, 0.05) is 23.2 Å². The van der Waals surface area contributed by atoms with E-state index in [4.69, 9.17) is 11.6 Å². The predicted octanol–water partition coefficient (Wildman–Crippen LogP) is 5.15. The Balaban J connectivity index is 2.25. The van der Waals surface area contributed by atoms with Gasteiger partial charge in [-0.3, -0.25) is 4.98 Å². The molecule has 2 atom stereocenters. The first kappa shape index (κ1) is 14.5. The van der Waals surface area contributed by atoms with Crippen molar-refractivity contribution in [2.45, 2.75) is 63.7 Å². The van der Waals surface area contributed by atoms with Gasteiger partial charge in [0.15, 0.2) is 0 Å². The van der Waals surface area contributed by atoms with Crippen LogP contribution in [-0.2, 0) is 0 Å². The van der Waals surface area contributed by atoms with Gasteiger partial charge in [-0.05, 0) is 18.6 Å². The normalized spacial score (nSPS) is 14.5. The van der Waals surface area contributed by atoms with Crippen LogP contribution in [0, 0.1) is 0 Å². The molecule has 0 aromatic carbocycles. The highest BCUT2D eigenvalue weighted by atomic mass is 35.5. The molecule has 0 aliphatic carbocycles. The van der Waals surface area contributed by atoms with E-state index >= 15 is 0 Å². The molecular formula is C15H24ClN. The van der Waals surface area contributed by atoms with Gasteiger partial charge in [0.1, 0.15) is 0 Å². The van der Waals surface area contributed by atoms with Crippen molar-refractivity contribution in [3.05, 3.63) is 30.1 Å². The minimum atomic E-state index is 0.214. The van der Waals surface area contributed by atoms with Crippen LogP contribution >= 0.6 is 11.6 Å². The first-order valence-electron chi connectivity index (χ1n) is 6.80. The Morgan fingerprint density at radius 2 is 1.94 bits per heavy atom. The maximum absolute atomic E-state index is 6.44. The van der Waals surface area contributed by atoms with Gasteiger partial charge in [-0.15, -0.1) is 11.6 Å². The number of nitrogens with zero attached hydrogens (tertiary/aromatic N) is 1. The van der Waals surface area contributed by atoms with E-state index < -0.39 is 0 Å². The summed E-state index contributed by atoms with van der Waals surface area (Å²) >= 11 is 6.44. The zero-order valence-electron chi connectivity index (χ0n) is 11.0. The van der Waals surface area contributed by atoms with Crippen LogP contribution in [0.4, 0.5) is 0 Å². The third-order valence-electron chi connectivity index (χ3n) is 3.28. The van der Waals surface area contributed by atoms with Crippen LogP contribution in [0.15, 0.2) is 24.4 Å². The van der Waals surface area contributed by atoms with Crippen molar-refractivity contribution in [2.75, 3.05) is 0 Å². The zero-order valence-corrected chi connectivity index (χ0v) is 11.8. The smallest absolute Gasteiger partial charge is 0.0446 e. The molecule has 1 aromatic rings. The summed E-state index contributed by atoms with van der Waals surface area (Å²) < 4.78 is 0. The molecule has 0 aliphatic heterocycles. The Labute approximate surface area is 111 Å². The van der Waals surface area contributed by atoms with Gasteiger partial charge >= 0.3 is 0 Å². The third kappa shape index (κ3) is 5.54. The molecule has 1 heterocycles. The summed E-state index contributed by atoms with van der Waals surface area (Å²) in [7, 11) is 0. The lowest BCUT2D eigenvalue weighted by Gasteiger charge is -2.17. The number of unbranched alkanes of at least 4 members (excludes halogenated alkanes) is 4. The van der Waals surface area contributed by atoms with Crippen LogP contribution in [0.1, 0.15) is 64.0 Å². The topological polar surface area (TPSA) is 12.9 Å². The molecule has 0 spiro atoms. The first-order chi connectivity index (χ1) is 8.25. The second-order valence-corrected chi connectivity index (χ2v) is 5.32. The van der Waals surface area contributed by atoms with E-state index in [1.807, 2.05) is 18.3 Å². The molecule has 0 saturated heterocycles. The van der Waals surface area contributed by atoms with Crippen LogP contribution in [0.25, 0.3) is 0 Å². The average Bonchev–Trinajstić information content (AvgIpc) is 2.38. The summed E-state index contributed by atoms with van der Waals surface area (Å²) in [6, 6.07) is 6.05. The Kier molecular flexibility index (Phi) is 7.27. The Morgan fingerprint density at radius 3 is 2.59 bits per heavy atom. The second-order valence-electron chi connectivity index (χ2n) is 4.76. The minimum absolute atomic E-state index is 0.214. The molecule has 0 radical (unpaired) electrons. The lowest BCUT2D eigenvalue weighted by atomic mass is 9.98. The lowest BCUT2D eigenvalue weighted by molar-refractivity contribution is 0.557. The van der Waals surface area contributed by atoms with Crippen LogP contribution in [0.2, 0.25) is 0 Å². The number of hydrogen-bond acceptors (Lipinski definition) is 1. The molecular weight excluding hydrogens is 230 g/mol. The summed E-state index contributed by atoms with van der Waals surface area (Å²) in [6.45, 7) is 4.42. The SMILES string of the molecule is CCCCCCCC(Cl)C(C)c1ccccn1. The van der Waals surface area contributed by atoms with Gasteiger partial charge in [-0.1, -0.05) is 52.0 Å². The van der Waals surface area contributed by atoms with E-state index in [0.29, 0.717) is 5.92 Å². The standard InChI is InChI=1S/C15H24ClN/c1-3-4-5-6-7-10-14(16)13(2)15-11-8-9-12-17-15/h8-9,11-14H,3-7,10H2,1-2H3. The molecule has 2 heteroatoms. The summed E-state index contributed by atoms with van der Waals surface area (Å²) in [5, 5.41) is 0.214. The zero-order chi connectivity index (χ0) is 12.5. The van der Waals surface area contributed by atoms with Crippen molar-refractivity contribution in [3.63, 3.8) is 0 Å². The Bertz CT molecular complexity index is 286. The molecule has 2 unspecified atom stereocenters. The fraction of sp³-hybridized carbons (Fsp3) is 0.667. The molecule has 17 heavy (non-hydrogen) atoms. The van der Waals surface area contributed by atoms with Gasteiger partial charge in [-0.25, -0.2) is 0 Å². The predicted molar refractivity (Wildman–Crippen MR) is 75.7 cm³/mol. The quantitative estimate of drug-likeness (QED) is 0.461. The largest absolute Gasteiger partial charge is 0.261 e.